The van der Waals surface area contributed by atoms with Crippen LogP contribution < -0.4 is 10.6 Å². The number of carbonyl (C=O) groups is 1. The second kappa shape index (κ2) is 4.89. The Labute approximate surface area is 105 Å². The summed E-state index contributed by atoms with van der Waals surface area (Å²) in [6.07, 6.45) is 0.918. The van der Waals surface area contributed by atoms with Gasteiger partial charge in [-0.25, -0.2) is 9.78 Å². The van der Waals surface area contributed by atoms with Crippen molar-refractivity contribution in [3.05, 3.63) is 22.8 Å². The van der Waals surface area contributed by atoms with E-state index in [4.69, 9.17) is 17.3 Å². The first kappa shape index (κ1) is 12.1. The molecule has 6 heteroatoms. The molecular formula is C11H14ClN3O2. The van der Waals surface area contributed by atoms with Crippen molar-refractivity contribution in [1.82, 2.24) is 4.98 Å². The lowest BCUT2D eigenvalue weighted by Gasteiger charge is -2.17. The smallest absolute Gasteiger partial charge is 0.338 e. The van der Waals surface area contributed by atoms with Crippen LogP contribution in [0.4, 0.5) is 5.82 Å². The number of halogens is 1. The molecule has 1 aromatic heterocycles. The third-order valence-electron chi connectivity index (χ3n) is 2.75. The molecule has 1 atom stereocenters. The van der Waals surface area contributed by atoms with Gasteiger partial charge in [-0.1, -0.05) is 11.6 Å². The number of carbonyl (C=O) groups excluding carboxylic acids is 1. The number of hydrogen-bond donors (Lipinski definition) is 1. The summed E-state index contributed by atoms with van der Waals surface area (Å²) in [4.78, 5) is 17.7. The quantitative estimate of drug-likeness (QED) is 0.632. The number of methoxy groups -OCH3 is 1. The molecule has 1 unspecified atom stereocenters. The number of nitrogens with zero attached hydrogens (tertiary/aromatic N) is 2. The van der Waals surface area contributed by atoms with E-state index in [1.165, 1.54) is 13.2 Å². The third kappa shape index (κ3) is 2.68. The zero-order chi connectivity index (χ0) is 12.4. The van der Waals surface area contributed by atoms with Crippen LogP contribution in [0.3, 0.4) is 0 Å². The van der Waals surface area contributed by atoms with Crippen LogP contribution in [0.2, 0.25) is 5.15 Å². The molecule has 1 fully saturated rings. The summed E-state index contributed by atoms with van der Waals surface area (Å²) in [6, 6.07) is 3.32. The maximum atomic E-state index is 11.4. The second-order valence-corrected chi connectivity index (χ2v) is 4.41. The molecule has 2 rings (SSSR count). The van der Waals surface area contributed by atoms with Crippen LogP contribution in [0.25, 0.3) is 0 Å². The van der Waals surface area contributed by atoms with Gasteiger partial charge < -0.3 is 15.4 Å². The fourth-order valence-electron chi connectivity index (χ4n) is 1.88. The summed E-state index contributed by atoms with van der Waals surface area (Å²) in [7, 11) is 1.34. The minimum atomic E-state index is -0.418. The van der Waals surface area contributed by atoms with Gasteiger partial charge in [0.2, 0.25) is 0 Å². The monoisotopic (exact) mass is 255 g/mol. The van der Waals surface area contributed by atoms with Crippen molar-refractivity contribution >= 4 is 23.4 Å². The summed E-state index contributed by atoms with van der Waals surface area (Å²) in [5, 5.41) is 0.281. The molecule has 1 aromatic rings. The summed E-state index contributed by atoms with van der Waals surface area (Å²) >= 11 is 5.89. The highest BCUT2D eigenvalue weighted by atomic mass is 35.5. The summed E-state index contributed by atoms with van der Waals surface area (Å²) in [5.41, 5.74) is 6.24. The van der Waals surface area contributed by atoms with E-state index in [1.54, 1.807) is 6.07 Å². The van der Waals surface area contributed by atoms with Crippen molar-refractivity contribution in [2.45, 2.75) is 12.5 Å². The normalized spacial score (nSPS) is 19.5. The third-order valence-corrected chi connectivity index (χ3v) is 2.94. The van der Waals surface area contributed by atoms with Crippen molar-refractivity contribution in [3.8, 4) is 0 Å². The molecule has 5 nitrogen and oxygen atoms in total. The van der Waals surface area contributed by atoms with Crippen LogP contribution in [-0.4, -0.2) is 37.2 Å². The standard InChI is InChI=1S/C11H14ClN3O2/c1-17-11(16)7-4-9(12)14-10(5-7)15-3-2-8(13)6-15/h4-5,8H,2-3,6,13H2,1H3. The van der Waals surface area contributed by atoms with E-state index in [-0.39, 0.29) is 11.2 Å². The average molecular weight is 256 g/mol. The van der Waals surface area contributed by atoms with E-state index in [0.717, 1.165) is 19.5 Å². The molecular weight excluding hydrogens is 242 g/mol. The van der Waals surface area contributed by atoms with Gasteiger partial charge in [-0.2, -0.15) is 0 Å². The zero-order valence-corrected chi connectivity index (χ0v) is 10.3. The SMILES string of the molecule is COC(=O)c1cc(Cl)nc(N2CCC(N)C2)c1. The average Bonchev–Trinajstić information content (AvgIpc) is 2.74. The van der Waals surface area contributed by atoms with Gasteiger partial charge >= 0.3 is 5.97 Å². The molecule has 0 bridgehead atoms. The van der Waals surface area contributed by atoms with Gasteiger partial charge in [0.05, 0.1) is 12.7 Å². The number of nitrogens with two attached hydrogens (primary N) is 1. The molecule has 92 valence electrons. The molecule has 0 aromatic carbocycles. The Kier molecular flexibility index (Phi) is 3.49. The fraction of sp³-hybridized carbons (Fsp3) is 0.455. The minimum absolute atomic E-state index is 0.150. The molecule has 0 aliphatic carbocycles. The first-order valence-corrected chi connectivity index (χ1v) is 5.74. The van der Waals surface area contributed by atoms with Gasteiger partial charge in [-0.15, -0.1) is 0 Å². The summed E-state index contributed by atoms with van der Waals surface area (Å²) < 4.78 is 4.66. The predicted molar refractivity (Wildman–Crippen MR) is 65.4 cm³/mol. The van der Waals surface area contributed by atoms with E-state index in [2.05, 4.69) is 9.72 Å². The van der Waals surface area contributed by atoms with E-state index >= 15 is 0 Å². The number of esters is 1. The number of ether oxygens (including phenoxy) is 1. The number of rotatable bonds is 2. The maximum Gasteiger partial charge on any atom is 0.338 e. The Balaban J connectivity index is 2.28. The van der Waals surface area contributed by atoms with Gasteiger partial charge in [0.25, 0.3) is 0 Å². The lowest BCUT2D eigenvalue weighted by atomic mass is 10.2. The maximum absolute atomic E-state index is 11.4. The van der Waals surface area contributed by atoms with E-state index in [0.29, 0.717) is 11.4 Å². The summed E-state index contributed by atoms with van der Waals surface area (Å²) in [5.74, 6) is 0.255. The Morgan fingerprint density at radius 2 is 2.41 bits per heavy atom. The second-order valence-electron chi connectivity index (χ2n) is 4.02. The van der Waals surface area contributed by atoms with Crippen LogP contribution in [-0.2, 0) is 4.74 Å². The molecule has 0 amide bonds. The number of anilines is 1. The van der Waals surface area contributed by atoms with Crippen molar-refractivity contribution in [2.24, 2.45) is 5.73 Å². The van der Waals surface area contributed by atoms with Crippen molar-refractivity contribution < 1.29 is 9.53 Å². The largest absolute Gasteiger partial charge is 0.465 e. The van der Waals surface area contributed by atoms with E-state index < -0.39 is 5.97 Å². The van der Waals surface area contributed by atoms with Crippen LogP contribution in [0, 0.1) is 0 Å². The molecule has 1 aliphatic heterocycles. The first-order chi connectivity index (χ1) is 8.10. The van der Waals surface area contributed by atoms with Crippen LogP contribution in [0.1, 0.15) is 16.8 Å². The van der Waals surface area contributed by atoms with Gasteiger partial charge in [0.15, 0.2) is 0 Å². The Morgan fingerprint density at radius 1 is 1.65 bits per heavy atom. The molecule has 1 saturated heterocycles. The Bertz CT molecular complexity index is 439. The van der Waals surface area contributed by atoms with Gasteiger partial charge in [-0.3, -0.25) is 0 Å². The zero-order valence-electron chi connectivity index (χ0n) is 9.52. The minimum Gasteiger partial charge on any atom is -0.465 e. The van der Waals surface area contributed by atoms with Gasteiger partial charge in [0.1, 0.15) is 11.0 Å². The fourth-order valence-corrected chi connectivity index (χ4v) is 2.08. The van der Waals surface area contributed by atoms with Gasteiger partial charge in [-0.05, 0) is 18.6 Å². The van der Waals surface area contributed by atoms with Crippen molar-refractivity contribution in [2.75, 3.05) is 25.1 Å². The predicted octanol–water partition coefficient (Wildman–Crippen LogP) is 1.06. The van der Waals surface area contributed by atoms with Crippen LogP contribution >= 0.6 is 11.6 Å². The van der Waals surface area contributed by atoms with Crippen molar-refractivity contribution in [3.63, 3.8) is 0 Å². The van der Waals surface area contributed by atoms with Crippen LogP contribution in [0.5, 0.6) is 0 Å². The lowest BCUT2D eigenvalue weighted by molar-refractivity contribution is 0.0600. The molecule has 0 saturated carbocycles. The lowest BCUT2D eigenvalue weighted by Crippen LogP contribution is -2.27. The van der Waals surface area contributed by atoms with Crippen LogP contribution in [0.15, 0.2) is 12.1 Å². The number of hydrogen-bond acceptors (Lipinski definition) is 5. The molecule has 2 heterocycles. The van der Waals surface area contributed by atoms with Crippen molar-refractivity contribution in [1.29, 1.82) is 0 Å². The van der Waals surface area contributed by atoms with E-state index in [9.17, 15) is 4.79 Å². The van der Waals surface area contributed by atoms with Gasteiger partial charge in [0, 0.05) is 19.1 Å². The molecule has 0 spiro atoms. The number of pyridine rings is 1. The Morgan fingerprint density at radius 3 is 3.00 bits per heavy atom. The molecule has 2 N–H and O–H groups in total. The van der Waals surface area contributed by atoms with E-state index in [1.807, 2.05) is 4.90 Å². The molecule has 1 aliphatic rings. The summed E-state index contributed by atoms with van der Waals surface area (Å²) in [6.45, 7) is 1.56. The molecule has 17 heavy (non-hydrogen) atoms. The molecule has 0 radical (unpaired) electrons. The number of aromatic nitrogens is 1. The highest BCUT2D eigenvalue weighted by Gasteiger charge is 2.21. The Hall–Kier alpha value is -1.33. The first-order valence-electron chi connectivity index (χ1n) is 5.36. The highest BCUT2D eigenvalue weighted by molar-refractivity contribution is 6.29. The highest BCUT2D eigenvalue weighted by Crippen LogP contribution is 2.22. The topological polar surface area (TPSA) is 68.5 Å².